The van der Waals surface area contributed by atoms with Crippen LogP contribution in [0.3, 0.4) is 0 Å². The molecule has 35 heavy (non-hydrogen) atoms. The van der Waals surface area contributed by atoms with Gasteiger partial charge in [-0.3, -0.25) is 4.79 Å². The Balaban J connectivity index is 1.64. The zero-order valence-electron chi connectivity index (χ0n) is 18.8. The van der Waals surface area contributed by atoms with Crippen LogP contribution < -0.4 is 10.1 Å². The number of methoxy groups -OCH3 is 2. The number of benzene rings is 2. The smallest absolute Gasteiger partial charge is 0.339 e. The number of nitrogens with zero attached hydrogens (tertiary/aromatic N) is 3. The molecule has 0 spiro atoms. The van der Waals surface area contributed by atoms with E-state index in [1.165, 1.54) is 32.4 Å². The average molecular weight is 539 g/mol. The molecule has 10 nitrogen and oxygen atoms in total. The van der Waals surface area contributed by atoms with E-state index in [0.29, 0.717) is 26.8 Å². The minimum atomic E-state index is -0.664. The summed E-state index contributed by atoms with van der Waals surface area (Å²) in [4.78, 5) is 36.5. The Bertz CT molecular complexity index is 1270. The number of halogens is 2. The van der Waals surface area contributed by atoms with Crippen LogP contribution in [0.2, 0.25) is 10.0 Å². The van der Waals surface area contributed by atoms with Crippen LogP contribution in [0.5, 0.6) is 5.75 Å². The van der Waals surface area contributed by atoms with Crippen LogP contribution in [-0.2, 0) is 27.9 Å². The number of esters is 2. The van der Waals surface area contributed by atoms with Gasteiger partial charge in [0.15, 0.2) is 11.0 Å². The Kier molecular flexibility index (Phi) is 8.96. The SMILES string of the molecule is COC(=O)c1ccc(C(=O)OC)c(NC(=O)CSc2nnc(COc3ccc(Cl)cc3Cl)n2C)c1. The number of hydrogen-bond donors (Lipinski definition) is 1. The lowest BCUT2D eigenvalue weighted by Gasteiger charge is -2.11. The highest BCUT2D eigenvalue weighted by molar-refractivity contribution is 7.99. The second kappa shape index (κ2) is 11.9. The second-order valence-corrected chi connectivity index (χ2v) is 8.69. The van der Waals surface area contributed by atoms with Crippen molar-refractivity contribution < 1.29 is 28.6 Å². The lowest BCUT2D eigenvalue weighted by molar-refractivity contribution is -0.113. The van der Waals surface area contributed by atoms with Crippen molar-refractivity contribution >= 4 is 58.5 Å². The Morgan fingerprint density at radius 3 is 2.46 bits per heavy atom. The fraction of sp³-hybridized carbons (Fsp3) is 0.227. The molecule has 0 saturated carbocycles. The van der Waals surface area contributed by atoms with Crippen LogP contribution in [0.15, 0.2) is 41.6 Å². The number of thioether (sulfide) groups is 1. The van der Waals surface area contributed by atoms with Gasteiger partial charge >= 0.3 is 11.9 Å². The van der Waals surface area contributed by atoms with Crippen molar-refractivity contribution in [2.75, 3.05) is 25.3 Å². The molecule has 0 fully saturated rings. The van der Waals surface area contributed by atoms with Gasteiger partial charge in [0.05, 0.1) is 41.8 Å². The number of hydrogen-bond acceptors (Lipinski definition) is 9. The number of nitrogens with one attached hydrogen (secondary N) is 1. The van der Waals surface area contributed by atoms with Gasteiger partial charge in [-0.1, -0.05) is 35.0 Å². The van der Waals surface area contributed by atoms with E-state index in [-0.39, 0.29) is 29.2 Å². The molecule has 1 amide bonds. The Hall–Kier alpha value is -3.28. The Morgan fingerprint density at radius 1 is 1.03 bits per heavy atom. The molecule has 0 aliphatic rings. The lowest BCUT2D eigenvalue weighted by atomic mass is 10.1. The van der Waals surface area contributed by atoms with Crippen molar-refractivity contribution in [3.63, 3.8) is 0 Å². The largest absolute Gasteiger partial charge is 0.484 e. The van der Waals surface area contributed by atoms with Crippen LogP contribution in [0.1, 0.15) is 26.5 Å². The fourth-order valence-corrected chi connectivity index (χ4v) is 4.02. The van der Waals surface area contributed by atoms with E-state index in [9.17, 15) is 14.4 Å². The normalized spacial score (nSPS) is 10.5. The molecule has 0 bridgehead atoms. The van der Waals surface area contributed by atoms with E-state index < -0.39 is 17.8 Å². The van der Waals surface area contributed by atoms with Crippen LogP contribution >= 0.6 is 35.0 Å². The van der Waals surface area contributed by atoms with Gasteiger partial charge in [-0.15, -0.1) is 10.2 Å². The number of carbonyl (C=O) groups is 3. The van der Waals surface area contributed by atoms with E-state index in [0.717, 1.165) is 11.8 Å². The maximum atomic E-state index is 12.6. The molecule has 2 aromatic carbocycles. The molecule has 0 atom stereocenters. The van der Waals surface area contributed by atoms with Crippen LogP contribution in [0, 0.1) is 0 Å². The molecule has 1 aromatic heterocycles. The molecule has 0 saturated heterocycles. The van der Waals surface area contributed by atoms with Gasteiger partial charge in [0.25, 0.3) is 0 Å². The van der Waals surface area contributed by atoms with Gasteiger partial charge < -0.3 is 24.1 Å². The molecule has 0 radical (unpaired) electrons. The van der Waals surface area contributed by atoms with E-state index in [1.807, 2.05) is 0 Å². The summed E-state index contributed by atoms with van der Waals surface area (Å²) in [5, 5.41) is 12.1. The molecule has 3 aromatic rings. The van der Waals surface area contributed by atoms with Crippen molar-refractivity contribution in [2.45, 2.75) is 11.8 Å². The van der Waals surface area contributed by atoms with Gasteiger partial charge in [0, 0.05) is 12.1 Å². The predicted molar refractivity (Wildman–Crippen MR) is 130 cm³/mol. The minimum Gasteiger partial charge on any atom is -0.484 e. The van der Waals surface area contributed by atoms with Crippen LogP contribution in [-0.4, -0.2) is 52.6 Å². The van der Waals surface area contributed by atoms with Gasteiger partial charge in [0.1, 0.15) is 12.4 Å². The molecule has 0 aliphatic heterocycles. The average Bonchev–Trinajstić information content (AvgIpc) is 3.20. The Labute approximate surface area is 214 Å². The van der Waals surface area contributed by atoms with Crippen LogP contribution in [0.4, 0.5) is 5.69 Å². The van der Waals surface area contributed by atoms with Gasteiger partial charge in [-0.2, -0.15) is 0 Å². The predicted octanol–water partition coefficient (Wildman–Crippen LogP) is 4.00. The summed E-state index contributed by atoms with van der Waals surface area (Å²) < 4.78 is 16.8. The maximum absolute atomic E-state index is 12.6. The molecule has 1 N–H and O–H groups in total. The van der Waals surface area contributed by atoms with Crippen molar-refractivity contribution in [3.05, 3.63) is 63.4 Å². The molecule has 0 aliphatic carbocycles. The minimum absolute atomic E-state index is 0.0428. The topological polar surface area (TPSA) is 122 Å². The number of ether oxygens (including phenoxy) is 3. The highest BCUT2D eigenvalue weighted by Gasteiger charge is 2.18. The zero-order valence-corrected chi connectivity index (χ0v) is 21.2. The summed E-state index contributed by atoms with van der Waals surface area (Å²) in [6.07, 6.45) is 0. The third kappa shape index (κ3) is 6.65. The Morgan fingerprint density at radius 2 is 1.77 bits per heavy atom. The third-order valence-electron chi connectivity index (χ3n) is 4.63. The van der Waals surface area contributed by atoms with E-state index in [4.69, 9.17) is 37.4 Å². The van der Waals surface area contributed by atoms with Gasteiger partial charge in [-0.05, 0) is 36.4 Å². The van der Waals surface area contributed by atoms with E-state index in [2.05, 4.69) is 15.5 Å². The summed E-state index contributed by atoms with van der Waals surface area (Å²) in [6, 6.07) is 9.01. The second-order valence-electron chi connectivity index (χ2n) is 6.90. The molecular weight excluding hydrogens is 519 g/mol. The lowest BCUT2D eigenvalue weighted by Crippen LogP contribution is -2.18. The maximum Gasteiger partial charge on any atom is 0.339 e. The van der Waals surface area contributed by atoms with E-state index >= 15 is 0 Å². The van der Waals surface area contributed by atoms with Crippen molar-refractivity contribution in [2.24, 2.45) is 7.05 Å². The highest BCUT2D eigenvalue weighted by atomic mass is 35.5. The first-order valence-corrected chi connectivity index (χ1v) is 11.7. The molecule has 0 unspecified atom stereocenters. The van der Waals surface area contributed by atoms with E-state index in [1.54, 1.807) is 29.8 Å². The van der Waals surface area contributed by atoms with Crippen molar-refractivity contribution in [3.8, 4) is 5.75 Å². The summed E-state index contributed by atoms with van der Waals surface area (Å²) in [5.41, 5.74) is 0.386. The van der Waals surface area contributed by atoms with Crippen LogP contribution in [0.25, 0.3) is 0 Å². The summed E-state index contributed by atoms with van der Waals surface area (Å²) in [6.45, 7) is 0.0976. The molecule has 1 heterocycles. The summed E-state index contributed by atoms with van der Waals surface area (Å²) in [5.74, 6) is -0.793. The first-order valence-electron chi connectivity index (χ1n) is 9.93. The first-order chi connectivity index (χ1) is 16.7. The molecule has 13 heteroatoms. The quantitative estimate of drug-likeness (QED) is 0.318. The number of anilines is 1. The number of carbonyl (C=O) groups excluding carboxylic acids is 3. The number of amides is 1. The highest BCUT2D eigenvalue weighted by Crippen LogP contribution is 2.28. The molecular formula is C22H20Cl2N4O6S. The van der Waals surface area contributed by atoms with Crippen molar-refractivity contribution in [1.82, 2.24) is 14.8 Å². The fourth-order valence-electron chi connectivity index (χ4n) is 2.83. The van der Waals surface area contributed by atoms with Gasteiger partial charge in [0.2, 0.25) is 5.91 Å². The third-order valence-corrected chi connectivity index (χ3v) is 6.18. The summed E-state index contributed by atoms with van der Waals surface area (Å²) in [7, 11) is 4.18. The van der Waals surface area contributed by atoms with Crippen molar-refractivity contribution in [1.29, 1.82) is 0 Å². The standard InChI is InChI=1S/C22H20Cl2N4O6S/c1-28-18(10-34-17-7-5-13(23)9-15(17)24)26-27-22(28)35-11-19(29)25-16-8-12(20(30)32-2)4-6-14(16)21(31)33-3/h4-9H,10-11H2,1-3H3,(H,25,29). The number of aromatic nitrogens is 3. The molecule has 3 rings (SSSR count). The van der Waals surface area contributed by atoms with Gasteiger partial charge in [-0.25, -0.2) is 9.59 Å². The molecule has 184 valence electrons. The monoisotopic (exact) mass is 538 g/mol. The first kappa shape index (κ1) is 26.3. The summed E-state index contributed by atoms with van der Waals surface area (Å²) >= 11 is 13.1. The zero-order chi connectivity index (χ0) is 25.5. The number of rotatable bonds is 9.